The number of guanidine groups is 1. The summed E-state index contributed by atoms with van der Waals surface area (Å²) in [5.41, 5.74) is 0.0293. The van der Waals surface area contributed by atoms with Gasteiger partial charge in [0.25, 0.3) is 0 Å². The first-order valence-electron chi connectivity index (χ1n) is 10.6. The summed E-state index contributed by atoms with van der Waals surface area (Å²) in [6.45, 7) is 21.2. The molecule has 166 valence electrons. The first kappa shape index (κ1) is 25.9. The lowest BCUT2D eigenvalue weighted by Crippen LogP contribution is -2.53. The molecule has 2 N–H and O–H groups in total. The maximum atomic E-state index is 5.95. The zero-order valence-corrected chi connectivity index (χ0v) is 20.8. The molecule has 2 heterocycles. The second kappa shape index (κ2) is 13.2. The van der Waals surface area contributed by atoms with E-state index in [2.05, 4.69) is 55.1 Å². The minimum Gasteiger partial charge on any atom is -0.379 e. The molecule has 0 amide bonds. The van der Waals surface area contributed by atoms with E-state index in [9.17, 15) is 0 Å². The number of halogens is 1. The molecular formula is C20H42IN5O2. The minimum absolute atomic E-state index is 0. The van der Waals surface area contributed by atoms with Crippen molar-refractivity contribution in [3.05, 3.63) is 0 Å². The molecule has 2 aliphatic rings. The summed E-state index contributed by atoms with van der Waals surface area (Å²) in [4.78, 5) is 9.83. The van der Waals surface area contributed by atoms with Crippen LogP contribution in [0, 0.1) is 5.92 Å². The van der Waals surface area contributed by atoms with Crippen LogP contribution in [0.5, 0.6) is 0 Å². The number of rotatable bonds is 8. The molecular weight excluding hydrogens is 469 g/mol. The van der Waals surface area contributed by atoms with E-state index in [0.717, 1.165) is 78.1 Å². The van der Waals surface area contributed by atoms with Gasteiger partial charge in [-0.15, -0.1) is 24.0 Å². The van der Waals surface area contributed by atoms with Gasteiger partial charge in [-0.3, -0.25) is 14.8 Å². The zero-order valence-electron chi connectivity index (χ0n) is 18.5. The Morgan fingerprint density at radius 2 is 1.86 bits per heavy atom. The van der Waals surface area contributed by atoms with Crippen molar-refractivity contribution in [2.75, 3.05) is 72.2 Å². The number of ether oxygens (including phenoxy) is 2. The molecule has 7 nitrogen and oxygen atoms in total. The summed E-state index contributed by atoms with van der Waals surface area (Å²) in [5.74, 6) is 1.57. The Morgan fingerprint density at radius 1 is 1.14 bits per heavy atom. The quantitative estimate of drug-likeness (QED) is 0.294. The van der Waals surface area contributed by atoms with E-state index in [1.165, 1.54) is 0 Å². The smallest absolute Gasteiger partial charge is 0.191 e. The lowest BCUT2D eigenvalue weighted by atomic mass is 10.0. The molecule has 1 atom stereocenters. The van der Waals surface area contributed by atoms with Crippen LogP contribution in [0.15, 0.2) is 4.99 Å². The number of aliphatic imine (C=N–C) groups is 1. The molecule has 2 aliphatic heterocycles. The van der Waals surface area contributed by atoms with Gasteiger partial charge in [-0.25, -0.2) is 0 Å². The van der Waals surface area contributed by atoms with Gasteiger partial charge in [0.15, 0.2) is 5.96 Å². The standard InChI is InChI=1S/C20H41N5O2.HI/c1-6-21-19(23-16-20(4,5)25-8-10-26-11-9-25)22-13-18-15-24(7-12-27-18)14-17(2)3;/h17-18H,6-16H2,1-5H3,(H2,21,22,23);1H. The van der Waals surface area contributed by atoms with E-state index in [-0.39, 0.29) is 35.6 Å². The van der Waals surface area contributed by atoms with Crippen LogP contribution in [0.25, 0.3) is 0 Å². The van der Waals surface area contributed by atoms with Gasteiger partial charge in [-0.2, -0.15) is 0 Å². The molecule has 28 heavy (non-hydrogen) atoms. The molecule has 8 heteroatoms. The fourth-order valence-electron chi connectivity index (χ4n) is 3.68. The van der Waals surface area contributed by atoms with Crippen molar-refractivity contribution in [3.63, 3.8) is 0 Å². The predicted octanol–water partition coefficient (Wildman–Crippen LogP) is 1.63. The van der Waals surface area contributed by atoms with E-state index >= 15 is 0 Å². The minimum atomic E-state index is 0. The van der Waals surface area contributed by atoms with E-state index in [4.69, 9.17) is 14.5 Å². The third kappa shape index (κ3) is 9.11. The molecule has 0 aliphatic carbocycles. The second-order valence-electron chi connectivity index (χ2n) is 8.63. The van der Waals surface area contributed by atoms with E-state index in [0.29, 0.717) is 5.92 Å². The molecule has 0 aromatic rings. The third-order valence-corrected chi connectivity index (χ3v) is 5.18. The highest BCUT2D eigenvalue weighted by molar-refractivity contribution is 14.0. The first-order valence-corrected chi connectivity index (χ1v) is 10.6. The van der Waals surface area contributed by atoms with Crippen molar-refractivity contribution in [1.29, 1.82) is 0 Å². The summed E-state index contributed by atoms with van der Waals surface area (Å²) < 4.78 is 11.4. The fourth-order valence-corrected chi connectivity index (χ4v) is 3.68. The van der Waals surface area contributed by atoms with Crippen LogP contribution in [-0.4, -0.2) is 99.6 Å². The number of nitrogens with zero attached hydrogens (tertiary/aromatic N) is 3. The van der Waals surface area contributed by atoms with Crippen LogP contribution < -0.4 is 10.6 Å². The predicted molar refractivity (Wildman–Crippen MR) is 127 cm³/mol. The number of hydrogen-bond acceptors (Lipinski definition) is 5. The van der Waals surface area contributed by atoms with Gasteiger partial charge in [0.2, 0.25) is 0 Å². The van der Waals surface area contributed by atoms with Crippen molar-refractivity contribution in [3.8, 4) is 0 Å². The van der Waals surface area contributed by atoms with Gasteiger partial charge in [0.05, 0.1) is 32.5 Å². The lowest BCUT2D eigenvalue weighted by Gasteiger charge is -2.40. The summed E-state index contributed by atoms with van der Waals surface area (Å²) in [7, 11) is 0. The lowest BCUT2D eigenvalue weighted by molar-refractivity contribution is -0.0284. The maximum Gasteiger partial charge on any atom is 0.191 e. The molecule has 0 radical (unpaired) electrons. The first-order chi connectivity index (χ1) is 12.9. The molecule has 2 saturated heterocycles. The van der Waals surface area contributed by atoms with Gasteiger partial charge in [0, 0.05) is 51.4 Å². The largest absolute Gasteiger partial charge is 0.379 e. The number of nitrogens with one attached hydrogen (secondary N) is 2. The molecule has 0 spiro atoms. The van der Waals surface area contributed by atoms with E-state index in [1.54, 1.807) is 0 Å². The Morgan fingerprint density at radius 3 is 2.50 bits per heavy atom. The Hall–Kier alpha value is -0.160. The molecule has 1 unspecified atom stereocenters. The summed E-state index contributed by atoms with van der Waals surface area (Å²) in [6.07, 6.45) is 0.216. The van der Waals surface area contributed by atoms with Crippen LogP contribution in [-0.2, 0) is 9.47 Å². The number of hydrogen-bond donors (Lipinski definition) is 2. The Balaban J connectivity index is 0.00000392. The molecule has 0 aromatic carbocycles. The molecule has 2 rings (SSSR count). The molecule has 2 fully saturated rings. The van der Waals surface area contributed by atoms with Crippen molar-refractivity contribution >= 4 is 29.9 Å². The SMILES string of the molecule is CCNC(=NCC(C)(C)N1CCOCC1)NCC1CN(CC(C)C)CCO1.I. The monoisotopic (exact) mass is 511 g/mol. The Bertz CT molecular complexity index is 456. The van der Waals surface area contributed by atoms with Gasteiger partial charge >= 0.3 is 0 Å². The van der Waals surface area contributed by atoms with E-state index < -0.39 is 0 Å². The van der Waals surface area contributed by atoms with Crippen molar-refractivity contribution in [2.45, 2.75) is 46.3 Å². The summed E-state index contributed by atoms with van der Waals surface area (Å²) >= 11 is 0. The van der Waals surface area contributed by atoms with Gasteiger partial charge in [0.1, 0.15) is 0 Å². The van der Waals surface area contributed by atoms with Gasteiger partial charge < -0.3 is 20.1 Å². The molecule has 0 bridgehead atoms. The van der Waals surface area contributed by atoms with Crippen molar-refractivity contribution in [2.24, 2.45) is 10.9 Å². The van der Waals surface area contributed by atoms with Gasteiger partial charge in [-0.05, 0) is 26.7 Å². The van der Waals surface area contributed by atoms with Crippen LogP contribution >= 0.6 is 24.0 Å². The van der Waals surface area contributed by atoms with Crippen LogP contribution in [0.4, 0.5) is 0 Å². The normalized spacial score (nSPS) is 22.8. The molecule has 0 aromatic heterocycles. The Labute approximate surface area is 189 Å². The van der Waals surface area contributed by atoms with Crippen LogP contribution in [0.3, 0.4) is 0 Å². The zero-order chi connectivity index (χ0) is 19.7. The van der Waals surface area contributed by atoms with Crippen molar-refractivity contribution in [1.82, 2.24) is 20.4 Å². The maximum absolute atomic E-state index is 5.95. The summed E-state index contributed by atoms with van der Waals surface area (Å²) in [6, 6.07) is 0. The highest BCUT2D eigenvalue weighted by Crippen LogP contribution is 2.16. The summed E-state index contributed by atoms with van der Waals surface area (Å²) in [5, 5.41) is 6.85. The van der Waals surface area contributed by atoms with Gasteiger partial charge in [-0.1, -0.05) is 13.8 Å². The third-order valence-electron chi connectivity index (χ3n) is 5.18. The average Bonchev–Trinajstić information content (AvgIpc) is 2.64. The average molecular weight is 511 g/mol. The highest BCUT2D eigenvalue weighted by Gasteiger charge is 2.28. The molecule has 0 saturated carbocycles. The fraction of sp³-hybridized carbons (Fsp3) is 0.950. The van der Waals surface area contributed by atoms with Crippen LogP contribution in [0.1, 0.15) is 34.6 Å². The van der Waals surface area contributed by atoms with Crippen molar-refractivity contribution < 1.29 is 9.47 Å². The highest BCUT2D eigenvalue weighted by atomic mass is 127. The topological polar surface area (TPSA) is 61.4 Å². The van der Waals surface area contributed by atoms with Crippen LogP contribution in [0.2, 0.25) is 0 Å². The second-order valence-corrected chi connectivity index (χ2v) is 8.63. The number of morpholine rings is 2. The van der Waals surface area contributed by atoms with E-state index in [1.807, 2.05) is 0 Å². The Kier molecular flexibility index (Phi) is 12.2.